The zero-order chi connectivity index (χ0) is 15.9. The van der Waals surface area contributed by atoms with Crippen LogP contribution in [-0.4, -0.2) is 30.3 Å². The van der Waals surface area contributed by atoms with Gasteiger partial charge in [-0.25, -0.2) is 0 Å². The van der Waals surface area contributed by atoms with E-state index in [2.05, 4.69) is 24.0 Å². The number of rotatable bonds is 6. The van der Waals surface area contributed by atoms with Gasteiger partial charge in [0.1, 0.15) is 0 Å². The summed E-state index contributed by atoms with van der Waals surface area (Å²) in [5, 5.41) is 3.12. The van der Waals surface area contributed by atoms with Crippen molar-refractivity contribution in [3.05, 3.63) is 48.6 Å². The van der Waals surface area contributed by atoms with Crippen molar-refractivity contribution in [3.8, 4) is 0 Å². The maximum absolute atomic E-state index is 12.3. The summed E-state index contributed by atoms with van der Waals surface area (Å²) >= 11 is 0. The highest BCUT2D eigenvalue weighted by Gasteiger charge is 2.27. The first-order valence-corrected chi connectivity index (χ1v) is 7.83. The van der Waals surface area contributed by atoms with E-state index in [9.17, 15) is 9.59 Å². The molecule has 4 heteroatoms. The van der Waals surface area contributed by atoms with Crippen molar-refractivity contribution in [2.24, 2.45) is 5.92 Å². The molecule has 4 nitrogen and oxygen atoms in total. The monoisotopic (exact) mass is 300 g/mol. The lowest BCUT2D eigenvalue weighted by atomic mass is 9.91. The normalized spacial score (nSPS) is 16.0. The number of likely N-dealkylation sites (N-methyl/N-ethyl adjacent to an activating group) is 1. The van der Waals surface area contributed by atoms with Gasteiger partial charge in [-0.1, -0.05) is 49.8 Å². The standard InChI is InChI=1S/C18H24N2O2/c1-3-17(22)20(2)13-16(21)19-18(15-11-7-8-12-15)14-9-5-4-6-10-14/h3-6,9-10,15,18H,1,7-8,11-13H2,2H3,(H,19,21). The summed E-state index contributed by atoms with van der Waals surface area (Å²) in [5.41, 5.74) is 1.14. The third kappa shape index (κ3) is 4.20. The summed E-state index contributed by atoms with van der Waals surface area (Å²) in [4.78, 5) is 25.1. The first kappa shape index (κ1) is 16.3. The van der Waals surface area contributed by atoms with Crippen LogP contribution in [0.2, 0.25) is 0 Å². The Labute approximate surface area is 132 Å². The Balaban J connectivity index is 2.05. The van der Waals surface area contributed by atoms with Crippen LogP contribution in [0.25, 0.3) is 0 Å². The van der Waals surface area contributed by atoms with Crippen molar-refractivity contribution in [1.29, 1.82) is 0 Å². The number of hydrogen-bond donors (Lipinski definition) is 1. The molecule has 0 aromatic heterocycles. The van der Waals surface area contributed by atoms with Gasteiger partial charge < -0.3 is 10.2 Å². The quantitative estimate of drug-likeness (QED) is 0.821. The van der Waals surface area contributed by atoms with Crippen molar-refractivity contribution < 1.29 is 9.59 Å². The molecule has 1 aliphatic rings. The van der Waals surface area contributed by atoms with Gasteiger partial charge in [0.15, 0.2) is 0 Å². The Kier molecular flexibility index (Phi) is 5.75. The highest BCUT2D eigenvalue weighted by Crippen LogP contribution is 2.35. The van der Waals surface area contributed by atoms with E-state index in [1.54, 1.807) is 7.05 Å². The molecule has 0 spiro atoms. The molecule has 22 heavy (non-hydrogen) atoms. The molecule has 1 atom stereocenters. The molecule has 118 valence electrons. The topological polar surface area (TPSA) is 49.4 Å². The van der Waals surface area contributed by atoms with E-state index in [1.807, 2.05) is 18.2 Å². The average molecular weight is 300 g/mol. The van der Waals surface area contributed by atoms with Crippen LogP contribution in [0.15, 0.2) is 43.0 Å². The smallest absolute Gasteiger partial charge is 0.246 e. The average Bonchev–Trinajstić information content (AvgIpc) is 3.06. The molecule has 0 aliphatic heterocycles. The Morgan fingerprint density at radius 3 is 2.55 bits per heavy atom. The maximum atomic E-state index is 12.3. The Hall–Kier alpha value is -2.10. The van der Waals surface area contributed by atoms with Crippen LogP contribution < -0.4 is 5.32 Å². The molecule has 1 saturated carbocycles. The number of carbonyl (C=O) groups excluding carboxylic acids is 2. The van der Waals surface area contributed by atoms with Gasteiger partial charge in [-0.2, -0.15) is 0 Å². The van der Waals surface area contributed by atoms with E-state index >= 15 is 0 Å². The number of nitrogens with zero attached hydrogens (tertiary/aromatic N) is 1. The van der Waals surface area contributed by atoms with Crippen LogP contribution in [0.1, 0.15) is 37.3 Å². The van der Waals surface area contributed by atoms with Crippen molar-refractivity contribution in [1.82, 2.24) is 10.2 Å². The third-order valence-corrected chi connectivity index (χ3v) is 4.28. The molecule has 0 radical (unpaired) electrons. The van der Waals surface area contributed by atoms with Crippen LogP contribution in [-0.2, 0) is 9.59 Å². The van der Waals surface area contributed by atoms with E-state index in [0.717, 1.165) is 18.4 Å². The molecule has 1 aromatic rings. The minimum atomic E-state index is -0.243. The molecule has 1 unspecified atom stereocenters. The second kappa shape index (κ2) is 7.78. The molecule has 0 bridgehead atoms. The molecule has 1 aromatic carbocycles. The molecule has 2 amide bonds. The lowest BCUT2D eigenvalue weighted by Crippen LogP contribution is -2.40. The van der Waals surface area contributed by atoms with Crippen LogP contribution in [0.4, 0.5) is 0 Å². The zero-order valence-corrected chi connectivity index (χ0v) is 13.1. The number of nitrogens with one attached hydrogen (secondary N) is 1. The first-order chi connectivity index (χ1) is 10.6. The lowest BCUT2D eigenvalue weighted by molar-refractivity contribution is -0.131. The van der Waals surface area contributed by atoms with Gasteiger partial charge in [-0.05, 0) is 30.4 Å². The first-order valence-electron chi connectivity index (χ1n) is 7.83. The fraction of sp³-hybridized carbons (Fsp3) is 0.444. The molecule has 1 aliphatic carbocycles. The minimum Gasteiger partial charge on any atom is -0.347 e. The van der Waals surface area contributed by atoms with Crippen LogP contribution in [0, 0.1) is 5.92 Å². The van der Waals surface area contributed by atoms with Crippen molar-refractivity contribution >= 4 is 11.8 Å². The highest BCUT2D eigenvalue weighted by atomic mass is 16.2. The Morgan fingerprint density at radius 1 is 1.32 bits per heavy atom. The fourth-order valence-corrected chi connectivity index (χ4v) is 3.09. The predicted molar refractivity (Wildman–Crippen MR) is 87.1 cm³/mol. The number of benzene rings is 1. The second-order valence-electron chi connectivity index (χ2n) is 5.90. The zero-order valence-electron chi connectivity index (χ0n) is 13.1. The highest BCUT2D eigenvalue weighted by molar-refractivity contribution is 5.90. The van der Waals surface area contributed by atoms with Crippen LogP contribution >= 0.6 is 0 Å². The van der Waals surface area contributed by atoms with Crippen molar-refractivity contribution in [2.45, 2.75) is 31.7 Å². The van der Waals surface area contributed by atoms with Crippen molar-refractivity contribution in [3.63, 3.8) is 0 Å². The summed E-state index contributed by atoms with van der Waals surface area (Å²) in [6.07, 6.45) is 5.94. The van der Waals surface area contributed by atoms with Crippen LogP contribution in [0.5, 0.6) is 0 Å². The van der Waals surface area contributed by atoms with Gasteiger partial charge in [0, 0.05) is 7.05 Å². The predicted octanol–water partition coefficient (Wildman–Crippen LogP) is 2.68. The Morgan fingerprint density at radius 2 is 1.95 bits per heavy atom. The minimum absolute atomic E-state index is 0.0310. The summed E-state index contributed by atoms with van der Waals surface area (Å²) in [5.74, 6) is 0.109. The second-order valence-corrected chi connectivity index (χ2v) is 5.90. The molecule has 0 heterocycles. The summed E-state index contributed by atoms with van der Waals surface area (Å²) in [7, 11) is 1.61. The molecule has 1 N–H and O–H groups in total. The van der Waals surface area contributed by atoms with Crippen LogP contribution in [0.3, 0.4) is 0 Å². The lowest BCUT2D eigenvalue weighted by Gasteiger charge is -2.26. The van der Waals surface area contributed by atoms with Gasteiger partial charge >= 0.3 is 0 Å². The van der Waals surface area contributed by atoms with Gasteiger partial charge in [0.2, 0.25) is 11.8 Å². The fourth-order valence-electron chi connectivity index (χ4n) is 3.09. The molecular formula is C18H24N2O2. The maximum Gasteiger partial charge on any atom is 0.246 e. The van der Waals surface area contributed by atoms with E-state index in [-0.39, 0.29) is 24.4 Å². The van der Waals surface area contributed by atoms with Gasteiger partial charge in [0.05, 0.1) is 12.6 Å². The van der Waals surface area contributed by atoms with E-state index in [4.69, 9.17) is 0 Å². The SMILES string of the molecule is C=CC(=O)N(C)CC(=O)NC(c1ccccc1)C1CCCC1. The summed E-state index contributed by atoms with van der Waals surface area (Å²) in [6, 6.07) is 10.1. The third-order valence-electron chi connectivity index (χ3n) is 4.28. The van der Waals surface area contributed by atoms with E-state index in [1.165, 1.54) is 23.8 Å². The number of carbonyl (C=O) groups is 2. The van der Waals surface area contributed by atoms with Gasteiger partial charge in [0.25, 0.3) is 0 Å². The number of hydrogen-bond acceptors (Lipinski definition) is 2. The van der Waals surface area contributed by atoms with E-state index < -0.39 is 0 Å². The van der Waals surface area contributed by atoms with E-state index in [0.29, 0.717) is 5.92 Å². The summed E-state index contributed by atoms with van der Waals surface area (Å²) in [6.45, 7) is 3.49. The summed E-state index contributed by atoms with van der Waals surface area (Å²) < 4.78 is 0. The molecular weight excluding hydrogens is 276 g/mol. The van der Waals surface area contributed by atoms with Gasteiger partial charge in [-0.15, -0.1) is 0 Å². The Bertz CT molecular complexity index is 521. The molecule has 0 saturated heterocycles. The van der Waals surface area contributed by atoms with Gasteiger partial charge in [-0.3, -0.25) is 9.59 Å². The van der Waals surface area contributed by atoms with Crippen molar-refractivity contribution in [2.75, 3.05) is 13.6 Å². The largest absolute Gasteiger partial charge is 0.347 e. The molecule has 2 rings (SSSR count). The number of amides is 2. The molecule has 1 fully saturated rings.